The average Bonchev–Trinajstić information content (AvgIpc) is 2.63. The van der Waals surface area contributed by atoms with E-state index in [1.165, 1.54) is 35.9 Å². The number of nitrogens with zero attached hydrogens (tertiary/aromatic N) is 3. The molecule has 0 bridgehead atoms. The predicted octanol–water partition coefficient (Wildman–Crippen LogP) is -0.229. The van der Waals surface area contributed by atoms with Crippen LogP contribution >= 0.6 is 11.8 Å². The third-order valence-electron chi connectivity index (χ3n) is 3.97. The van der Waals surface area contributed by atoms with E-state index in [-0.39, 0.29) is 28.2 Å². The summed E-state index contributed by atoms with van der Waals surface area (Å²) >= 11 is 1.38. The molecule has 1 saturated heterocycles. The number of pyridine rings is 1. The number of nitrogen functional groups attached to an aromatic ring is 1. The van der Waals surface area contributed by atoms with Crippen molar-refractivity contribution in [2.24, 2.45) is 5.16 Å². The average molecular weight is 391 g/mol. The van der Waals surface area contributed by atoms with E-state index in [0.29, 0.717) is 0 Å². The summed E-state index contributed by atoms with van der Waals surface area (Å²) in [5, 5.41) is 14.9. The van der Waals surface area contributed by atoms with E-state index in [1.54, 1.807) is 12.1 Å². The molecule has 0 saturated carbocycles. The highest BCUT2D eigenvalue weighted by atomic mass is 32.2. The fourth-order valence-electron chi connectivity index (χ4n) is 2.82. The Bertz CT molecular complexity index is 871. The number of carbonyl (C=O) groups excluding carboxylic acids is 2. The van der Waals surface area contributed by atoms with E-state index in [2.05, 4.69) is 15.5 Å². The minimum absolute atomic E-state index is 0.0787. The van der Waals surface area contributed by atoms with Crippen molar-refractivity contribution in [3.63, 3.8) is 0 Å². The number of carbonyl (C=O) groups is 3. The topological polar surface area (TPSA) is 147 Å². The maximum absolute atomic E-state index is 12.7. The molecule has 11 heteroatoms. The van der Waals surface area contributed by atoms with E-state index in [1.807, 2.05) is 6.92 Å². The molecular formula is C16H17N5O5S. The largest absolute Gasteiger partial charge is 0.477 e. The standard InChI is InChI=1S/C16H17N5O5S/c1-7-6-9(16(24)25)21-14(23)12(15(21)27-7)19-13(22)11(20-26-2)8-4-3-5-10(17)18-8/h3-7,12,15H,1-2H3,(H2,17,18)(H,19,22)(H,24,25)/t7?,12?,15-/m1/s1. The second-order valence-corrected chi connectivity index (χ2v) is 7.32. The Kier molecular flexibility index (Phi) is 5.04. The molecule has 2 amide bonds. The van der Waals surface area contributed by atoms with Crippen molar-refractivity contribution in [1.82, 2.24) is 15.2 Å². The van der Waals surface area contributed by atoms with E-state index >= 15 is 0 Å². The summed E-state index contributed by atoms with van der Waals surface area (Å²) in [5.74, 6) is -2.16. The third kappa shape index (κ3) is 3.45. The summed E-state index contributed by atoms with van der Waals surface area (Å²) in [4.78, 5) is 46.3. The second-order valence-electron chi connectivity index (χ2n) is 5.82. The van der Waals surface area contributed by atoms with E-state index in [9.17, 15) is 19.5 Å². The number of thioether (sulfide) groups is 1. The van der Waals surface area contributed by atoms with E-state index < -0.39 is 29.2 Å². The molecule has 10 nitrogen and oxygen atoms in total. The number of anilines is 1. The predicted molar refractivity (Wildman–Crippen MR) is 97.5 cm³/mol. The first-order valence-corrected chi connectivity index (χ1v) is 8.86. The van der Waals surface area contributed by atoms with Gasteiger partial charge in [0.15, 0.2) is 5.71 Å². The van der Waals surface area contributed by atoms with Crippen LogP contribution in [0.4, 0.5) is 5.82 Å². The fraction of sp³-hybridized carbons (Fsp3) is 0.312. The lowest BCUT2D eigenvalue weighted by Crippen LogP contribution is -2.71. The normalized spacial score (nSPS) is 24.4. The number of amides is 2. The third-order valence-corrected chi connectivity index (χ3v) is 5.29. The summed E-state index contributed by atoms with van der Waals surface area (Å²) in [6.45, 7) is 1.82. The van der Waals surface area contributed by atoms with Crippen LogP contribution < -0.4 is 11.1 Å². The van der Waals surface area contributed by atoms with Gasteiger partial charge in [-0.1, -0.05) is 11.2 Å². The van der Waals surface area contributed by atoms with E-state index in [0.717, 1.165) is 0 Å². The molecule has 0 spiro atoms. The molecule has 0 radical (unpaired) electrons. The lowest BCUT2D eigenvalue weighted by Gasteiger charge is -2.49. The number of oxime groups is 1. The van der Waals surface area contributed by atoms with Crippen LogP contribution in [0.25, 0.3) is 0 Å². The van der Waals surface area contributed by atoms with Crippen LogP contribution in [0.3, 0.4) is 0 Å². The Morgan fingerprint density at radius 3 is 2.81 bits per heavy atom. The summed E-state index contributed by atoms with van der Waals surface area (Å²) in [7, 11) is 1.28. The highest BCUT2D eigenvalue weighted by Gasteiger charge is 2.54. The molecule has 3 atom stereocenters. The van der Waals surface area contributed by atoms with Crippen molar-refractivity contribution in [3.05, 3.63) is 35.7 Å². The molecule has 0 aromatic carbocycles. The van der Waals surface area contributed by atoms with Gasteiger partial charge < -0.3 is 21.0 Å². The lowest BCUT2D eigenvalue weighted by atomic mass is 10.0. The smallest absolute Gasteiger partial charge is 0.352 e. The van der Waals surface area contributed by atoms with Gasteiger partial charge in [-0.3, -0.25) is 14.5 Å². The first-order valence-electron chi connectivity index (χ1n) is 7.92. The Morgan fingerprint density at radius 2 is 2.19 bits per heavy atom. The van der Waals surface area contributed by atoms with Gasteiger partial charge in [0.25, 0.3) is 11.8 Å². The van der Waals surface area contributed by atoms with Gasteiger partial charge in [0.05, 0.1) is 0 Å². The zero-order chi connectivity index (χ0) is 19.7. The number of hydrogen-bond acceptors (Lipinski definition) is 8. The number of fused-ring (bicyclic) bond motifs is 1. The van der Waals surface area contributed by atoms with Crippen LogP contribution in [0, 0.1) is 0 Å². The van der Waals surface area contributed by atoms with Crippen LogP contribution in [0.15, 0.2) is 35.1 Å². The number of carboxylic acid groups (broad SMARTS) is 1. The minimum Gasteiger partial charge on any atom is -0.477 e. The Morgan fingerprint density at radius 1 is 1.44 bits per heavy atom. The molecule has 4 N–H and O–H groups in total. The number of β-lactam (4-membered cyclic amide) rings is 1. The number of carboxylic acids is 1. The van der Waals surface area contributed by atoms with Gasteiger partial charge in [-0.15, -0.1) is 11.8 Å². The Hall–Kier alpha value is -3.08. The van der Waals surface area contributed by atoms with Crippen molar-refractivity contribution in [2.45, 2.75) is 23.6 Å². The maximum atomic E-state index is 12.7. The van der Waals surface area contributed by atoms with Gasteiger partial charge in [0.2, 0.25) is 0 Å². The zero-order valence-corrected chi connectivity index (χ0v) is 15.3. The molecule has 3 heterocycles. The summed E-state index contributed by atoms with van der Waals surface area (Å²) in [6.07, 6.45) is 1.51. The zero-order valence-electron chi connectivity index (χ0n) is 14.4. The monoisotopic (exact) mass is 391 g/mol. The van der Waals surface area contributed by atoms with Crippen molar-refractivity contribution in [1.29, 1.82) is 0 Å². The molecule has 2 aliphatic rings. The van der Waals surface area contributed by atoms with Crippen LogP contribution in [0.5, 0.6) is 0 Å². The summed E-state index contributed by atoms with van der Waals surface area (Å²) in [5.41, 5.74) is 5.61. The highest BCUT2D eigenvalue weighted by molar-refractivity contribution is 8.00. The lowest BCUT2D eigenvalue weighted by molar-refractivity contribution is -0.150. The maximum Gasteiger partial charge on any atom is 0.352 e. The molecule has 142 valence electrons. The highest BCUT2D eigenvalue weighted by Crippen LogP contribution is 2.40. The fourth-order valence-corrected chi connectivity index (χ4v) is 4.15. The van der Waals surface area contributed by atoms with Gasteiger partial charge in [0, 0.05) is 5.25 Å². The molecule has 2 unspecified atom stereocenters. The molecule has 1 aromatic heterocycles. The van der Waals surface area contributed by atoms with E-state index in [4.69, 9.17) is 10.6 Å². The van der Waals surface area contributed by atoms with Crippen LogP contribution in [0.2, 0.25) is 0 Å². The quantitative estimate of drug-likeness (QED) is 0.354. The van der Waals surface area contributed by atoms with Crippen molar-refractivity contribution in [2.75, 3.05) is 12.8 Å². The Balaban J connectivity index is 1.80. The molecular weight excluding hydrogens is 374 g/mol. The number of nitrogens with one attached hydrogen (secondary N) is 1. The van der Waals surface area contributed by atoms with Crippen LogP contribution in [0.1, 0.15) is 12.6 Å². The molecule has 27 heavy (non-hydrogen) atoms. The molecule has 0 aliphatic carbocycles. The van der Waals surface area contributed by atoms with Crippen LogP contribution in [-0.2, 0) is 19.2 Å². The van der Waals surface area contributed by atoms with Gasteiger partial charge in [-0.2, -0.15) is 0 Å². The second kappa shape index (κ2) is 7.27. The number of nitrogens with two attached hydrogens (primary N) is 1. The molecule has 2 aliphatic heterocycles. The number of aliphatic carboxylic acids is 1. The summed E-state index contributed by atoms with van der Waals surface area (Å²) < 4.78 is 0. The molecule has 1 aromatic rings. The van der Waals surface area contributed by atoms with Crippen molar-refractivity contribution >= 4 is 41.1 Å². The SMILES string of the molecule is CON=C(C(=O)NC1C(=O)N2C(C(=O)O)=CC(C)S[C@H]12)c1cccc(N)n1. The van der Waals surface area contributed by atoms with Gasteiger partial charge in [-0.25, -0.2) is 9.78 Å². The number of hydrogen-bond donors (Lipinski definition) is 3. The number of aromatic nitrogens is 1. The van der Waals surface area contributed by atoms with Gasteiger partial charge in [0.1, 0.15) is 35.7 Å². The summed E-state index contributed by atoms with van der Waals surface area (Å²) in [6, 6.07) is 3.82. The van der Waals surface area contributed by atoms with Gasteiger partial charge >= 0.3 is 5.97 Å². The molecule has 1 fully saturated rings. The van der Waals surface area contributed by atoms with Crippen molar-refractivity contribution in [3.8, 4) is 0 Å². The molecule has 3 rings (SSSR count). The van der Waals surface area contributed by atoms with Crippen molar-refractivity contribution < 1.29 is 24.3 Å². The van der Waals surface area contributed by atoms with Crippen LogP contribution in [-0.4, -0.2) is 62.3 Å². The minimum atomic E-state index is -1.18. The Labute approximate surface area is 158 Å². The first kappa shape index (κ1) is 18.7. The first-order chi connectivity index (χ1) is 12.8. The number of rotatable bonds is 5. The van der Waals surface area contributed by atoms with Gasteiger partial charge in [-0.05, 0) is 25.1 Å².